The molecule has 8 rings (SSSR count). The fourth-order valence-corrected chi connectivity index (χ4v) is 9.87. The first-order valence-electron chi connectivity index (χ1n) is 17.7. The molecule has 52 heavy (non-hydrogen) atoms. The number of rotatable bonds is 9. The van der Waals surface area contributed by atoms with Crippen LogP contribution >= 0.6 is 7.49 Å². The fourth-order valence-electron chi connectivity index (χ4n) is 7.13. The Morgan fingerprint density at radius 1 is 0.462 bits per heavy atom. The standard InChI is InChI=1S/C48H40N2OP/c49-47(41-18-13-23-45(32-41)52(51,43-19-9-3-10-20-43)44-21-11-4-12-22-44)48-46(40-30-28-38(29-31-40)36-16-7-2-8-17-36)33-42(34-50-48)39-26-24-37(25-27-39)35-14-5-1-6-15-35/h1-34,47-48,50-51H,49H2/q+1/t47?,48-/m1/s1. The van der Waals surface area contributed by atoms with E-state index < -0.39 is 13.5 Å². The molecule has 0 aliphatic carbocycles. The molecule has 0 amide bonds. The summed E-state index contributed by atoms with van der Waals surface area (Å²) in [5.41, 5.74) is 17.4. The monoisotopic (exact) mass is 691 g/mol. The molecule has 0 fully saturated rings. The van der Waals surface area contributed by atoms with Gasteiger partial charge in [0.05, 0.1) is 12.1 Å². The van der Waals surface area contributed by atoms with Crippen LogP contribution in [0.2, 0.25) is 0 Å². The number of nitrogens with two attached hydrogens (primary N) is 1. The van der Waals surface area contributed by atoms with Gasteiger partial charge in [-0.2, -0.15) is 0 Å². The summed E-state index contributed by atoms with van der Waals surface area (Å²) in [4.78, 5) is 12.7. The number of benzene rings is 7. The van der Waals surface area contributed by atoms with Crippen molar-refractivity contribution >= 4 is 34.5 Å². The number of allylic oxidation sites excluding steroid dienone is 2. The second kappa shape index (κ2) is 14.8. The summed E-state index contributed by atoms with van der Waals surface area (Å²) in [6, 6.07) is 66.0. The summed E-state index contributed by atoms with van der Waals surface area (Å²) in [5, 5.41) is 6.42. The number of hydrogen-bond donors (Lipinski definition) is 3. The minimum atomic E-state index is -2.92. The third-order valence-electron chi connectivity index (χ3n) is 9.96. The molecule has 0 radical (unpaired) electrons. The Bertz CT molecular complexity index is 2280. The third-order valence-corrected chi connectivity index (χ3v) is 13.1. The molecular formula is C48H40N2OP+. The van der Waals surface area contributed by atoms with Crippen LogP contribution in [0, 0.1) is 0 Å². The van der Waals surface area contributed by atoms with Crippen LogP contribution in [0.4, 0.5) is 0 Å². The lowest BCUT2D eigenvalue weighted by molar-refractivity contribution is 0.580. The van der Waals surface area contributed by atoms with Crippen LogP contribution < -0.4 is 27.0 Å². The predicted molar refractivity (Wildman–Crippen MR) is 221 cm³/mol. The van der Waals surface area contributed by atoms with Crippen molar-refractivity contribution < 1.29 is 4.89 Å². The van der Waals surface area contributed by atoms with E-state index >= 15 is 0 Å². The summed E-state index contributed by atoms with van der Waals surface area (Å²) in [5.74, 6) is 0. The zero-order valence-electron chi connectivity index (χ0n) is 28.8. The lowest BCUT2D eigenvalue weighted by Crippen LogP contribution is -2.39. The number of dihydropyridines is 1. The Labute approximate surface area is 306 Å². The van der Waals surface area contributed by atoms with Crippen LogP contribution in [-0.4, -0.2) is 10.9 Å². The van der Waals surface area contributed by atoms with Crippen molar-refractivity contribution in [3.05, 3.63) is 223 Å². The molecule has 1 unspecified atom stereocenters. The van der Waals surface area contributed by atoms with Crippen LogP contribution in [0.5, 0.6) is 0 Å². The minimum absolute atomic E-state index is 0.218. The highest BCUT2D eigenvalue weighted by molar-refractivity contribution is 7.91. The van der Waals surface area contributed by atoms with Gasteiger partial charge in [0.1, 0.15) is 15.9 Å². The van der Waals surface area contributed by atoms with Gasteiger partial charge in [-0.05, 0) is 92.6 Å². The third kappa shape index (κ3) is 6.66. The SMILES string of the molecule is NC(c1cccc([P+](O)(c2ccccc2)c2ccccc2)c1)[C@@H]1NC=C(c2ccc(-c3ccccc3)cc2)C=C1c1ccc(-c2ccccc2)cc1. The van der Waals surface area contributed by atoms with Gasteiger partial charge in [0.2, 0.25) is 7.49 Å². The maximum Gasteiger partial charge on any atom is 0.238 e. The highest BCUT2D eigenvalue weighted by atomic mass is 31.2. The van der Waals surface area contributed by atoms with Crippen LogP contribution in [0.25, 0.3) is 33.4 Å². The molecule has 0 bridgehead atoms. The molecule has 0 spiro atoms. The van der Waals surface area contributed by atoms with Crippen molar-refractivity contribution in [3.63, 3.8) is 0 Å². The van der Waals surface area contributed by atoms with Crippen molar-refractivity contribution in [1.29, 1.82) is 0 Å². The van der Waals surface area contributed by atoms with E-state index in [-0.39, 0.29) is 6.04 Å². The lowest BCUT2D eigenvalue weighted by atomic mass is 9.85. The van der Waals surface area contributed by atoms with E-state index in [1.165, 1.54) is 22.3 Å². The maximum atomic E-state index is 12.7. The molecule has 252 valence electrons. The van der Waals surface area contributed by atoms with Gasteiger partial charge in [-0.1, -0.05) is 158 Å². The van der Waals surface area contributed by atoms with E-state index in [2.05, 4.69) is 127 Å². The van der Waals surface area contributed by atoms with Crippen molar-refractivity contribution in [2.24, 2.45) is 5.73 Å². The van der Waals surface area contributed by atoms with Gasteiger partial charge in [0, 0.05) is 6.20 Å². The summed E-state index contributed by atoms with van der Waals surface area (Å²) in [6.45, 7) is 0. The quantitative estimate of drug-likeness (QED) is 0.132. The smallest absolute Gasteiger partial charge is 0.238 e. The van der Waals surface area contributed by atoms with Gasteiger partial charge in [-0.3, -0.25) is 0 Å². The Hall–Kier alpha value is -5.83. The molecule has 7 aromatic carbocycles. The van der Waals surface area contributed by atoms with E-state index in [4.69, 9.17) is 5.73 Å². The van der Waals surface area contributed by atoms with Crippen LogP contribution in [0.3, 0.4) is 0 Å². The predicted octanol–water partition coefficient (Wildman–Crippen LogP) is 9.32. The largest absolute Gasteiger partial charge is 0.382 e. The molecule has 0 saturated carbocycles. The van der Waals surface area contributed by atoms with Gasteiger partial charge < -0.3 is 11.1 Å². The molecule has 0 saturated heterocycles. The van der Waals surface area contributed by atoms with Gasteiger partial charge in [-0.25, -0.2) is 4.89 Å². The van der Waals surface area contributed by atoms with Crippen LogP contribution in [0.1, 0.15) is 22.7 Å². The van der Waals surface area contributed by atoms with Crippen molar-refractivity contribution in [2.75, 3.05) is 0 Å². The Morgan fingerprint density at radius 2 is 0.885 bits per heavy atom. The zero-order chi connectivity index (χ0) is 35.3. The molecule has 0 aromatic heterocycles. The normalized spacial score (nSPS) is 14.8. The number of nitrogens with one attached hydrogen (secondary N) is 1. The first kappa shape index (κ1) is 33.3. The van der Waals surface area contributed by atoms with Gasteiger partial charge in [0.15, 0.2) is 0 Å². The first-order valence-corrected chi connectivity index (χ1v) is 19.4. The van der Waals surface area contributed by atoms with Gasteiger partial charge >= 0.3 is 0 Å². The average molecular weight is 692 g/mol. The van der Waals surface area contributed by atoms with Crippen molar-refractivity contribution in [2.45, 2.75) is 12.1 Å². The molecular weight excluding hydrogens is 652 g/mol. The summed E-state index contributed by atoms with van der Waals surface area (Å²) < 4.78 is 0. The van der Waals surface area contributed by atoms with E-state index in [1.54, 1.807) is 0 Å². The number of hydrogen-bond acceptors (Lipinski definition) is 3. The summed E-state index contributed by atoms with van der Waals surface area (Å²) in [7, 11) is -2.92. The van der Waals surface area contributed by atoms with Gasteiger partial charge in [0.25, 0.3) is 0 Å². The Morgan fingerprint density at radius 3 is 1.40 bits per heavy atom. The fraction of sp³-hybridized carbons (Fsp3) is 0.0417. The second-order valence-corrected chi connectivity index (χ2v) is 16.0. The summed E-state index contributed by atoms with van der Waals surface area (Å²) in [6.07, 6.45) is 4.36. The van der Waals surface area contributed by atoms with E-state index in [1.807, 2.05) is 84.9 Å². The van der Waals surface area contributed by atoms with Crippen molar-refractivity contribution in [1.82, 2.24) is 5.32 Å². The molecule has 1 aliphatic rings. The van der Waals surface area contributed by atoms with Crippen LogP contribution in [0.15, 0.2) is 206 Å². The van der Waals surface area contributed by atoms with E-state index in [0.717, 1.165) is 43.8 Å². The Balaban J connectivity index is 1.17. The Kier molecular flexibility index (Phi) is 9.48. The zero-order valence-corrected chi connectivity index (χ0v) is 29.7. The highest BCUT2D eigenvalue weighted by Crippen LogP contribution is 2.51. The molecule has 4 N–H and O–H groups in total. The second-order valence-electron chi connectivity index (χ2n) is 13.2. The minimum Gasteiger partial charge on any atom is -0.382 e. The van der Waals surface area contributed by atoms with E-state index in [0.29, 0.717) is 0 Å². The molecule has 1 aliphatic heterocycles. The summed E-state index contributed by atoms with van der Waals surface area (Å²) >= 11 is 0. The highest BCUT2D eigenvalue weighted by Gasteiger charge is 2.44. The average Bonchev–Trinajstić information content (AvgIpc) is 3.24. The molecule has 3 nitrogen and oxygen atoms in total. The van der Waals surface area contributed by atoms with Crippen LogP contribution in [-0.2, 0) is 0 Å². The van der Waals surface area contributed by atoms with Gasteiger partial charge in [-0.15, -0.1) is 0 Å². The topological polar surface area (TPSA) is 58.3 Å². The lowest BCUT2D eigenvalue weighted by Gasteiger charge is -2.32. The molecule has 7 aromatic rings. The molecule has 4 heteroatoms. The first-order chi connectivity index (χ1) is 25.6. The van der Waals surface area contributed by atoms with E-state index in [9.17, 15) is 4.89 Å². The van der Waals surface area contributed by atoms with Crippen molar-refractivity contribution in [3.8, 4) is 22.3 Å². The molecule has 2 atom stereocenters. The molecule has 1 heterocycles. The maximum absolute atomic E-state index is 12.7.